The maximum atomic E-state index is 12.2. The maximum absolute atomic E-state index is 12.2. The molecule has 0 spiro atoms. The fourth-order valence-corrected chi connectivity index (χ4v) is 1.70. The number of carbonyl (C=O) groups excluding carboxylic acids is 2. The lowest BCUT2D eigenvalue weighted by atomic mass is 10.2. The van der Waals surface area contributed by atoms with Gasteiger partial charge in [-0.05, 0) is 39.8 Å². The molecular weight excluding hydrogens is 300 g/mol. The Morgan fingerprint density at radius 3 is 2.30 bits per heavy atom. The molecule has 0 aliphatic carbocycles. The van der Waals surface area contributed by atoms with E-state index in [1.165, 1.54) is 14.2 Å². The average molecular weight is 324 g/mol. The van der Waals surface area contributed by atoms with E-state index < -0.39 is 23.6 Å². The van der Waals surface area contributed by atoms with Gasteiger partial charge in [0.25, 0.3) is 0 Å². The van der Waals surface area contributed by atoms with Gasteiger partial charge < -0.3 is 24.8 Å². The summed E-state index contributed by atoms with van der Waals surface area (Å²) in [7, 11) is 3.03. The molecule has 2 amide bonds. The molecule has 0 heterocycles. The molecule has 0 aliphatic rings. The van der Waals surface area contributed by atoms with Gasteiger partial charge in [-0.1, -0.05) is 0 Å². The number of nitrogens with one attached hydrogen (secondary N) is 2. The third-order valence-electron chi connectivity index (χ3n) is 2.79. The highest BCUT2D eigenvalue weighted by Crippen LogP contribution is 2.28. The van der Waals surface area contributed by atoms with Crippen molar-refractivity contribution in [2.24, 2.45) is 0 Å². The predicted molar refractivity (Wildman–Crippen MR) is 87.0 cm³/mol. The number of carbonyl (C=O) groups is 2. The van der Waals surface area contributed by atoms with Crippen LogP contribution < -0.4 is 20.1 Å². The van der Waals surface area contributed by atoms with Gasteiger partial charge in [-0.3, -0.25) is 4.79 Å². The standard InChI is InChI=1S/C16H24N2O5/c1-10(17-15(20)23-16(2,3)4)14(19)18-12-9-11(21-5)7-8-13(12)22-6/h7-10H,1-6H3,(H,17,20)(H,18,19). The zero-order valence-corrected chi connectivity index (χ0v) is 14.4. The van der Waals surface area contributed by atoms with Crippen molar-refractivity contribution in [3.8, 4) is 11.5 Å². The molecule has 0 fully saturated rings. The van der Waals surface area contributed by atoms with Gasteiger partial charge in [-0.15, -0.1) is 0 Å². The van der Waals surface area contributed by atoms with Crippen LogP contribution in [0.15, 0.2) is 18.2 Å². The number of hydrogen-bond acceptors (Lipinski definition) is 5. The summed E-state index contributed by atoms with van der Waals surface area (Å²) in [6.45, 7) is 6.81. The molecule has 0 aliphatic heterocycles. The minimum Gasteiger partial charge on any atom is -0.497 e. The zero-order valence-electron chi connectivity index (χ0n) is 14.4. The third-order valence-corrected chi connectivity index (χ3v) is 2.79. The highest BCUT2D eigenvalue weighted by atomic mass is 16.6. The van der Waals surface area contributed by atoms with Gasteiger partial charge in [0.1, 0.15) is 23.1 Å². The minimum absolute atomic E-state index is 0.401. The number of methoxy groups -OCH3 is 2. The van der Waals surface area contributed by atoms with E-state index in [1.54, 1.807) is 45.9 Å². The Bertz CT molecular complexity index is 566. The van der Waals surface area contributed by atoms with E-state index in [0.717, 1.165) is 0 Å². The summed E-state index contributed by atoms with van der Waals surface area (Å²) in [6, 6.07) is 4.26. The summed E-state index contributed by atoms with van der Waals surface area (Å²) in [5.74, 6) is 0.667. The van der Waals surface area contributed by atoms with E-state index in [4.69, 9.17) is 14.2 Å². The zero-order chi connectivity index (χ0) is 17.6. The maximum Gasteiger partial charge on any atom is 0.408 e. The average Bonchev–Trinajstić information content (AvgIpc) is 2.44. The van der Waals surface area contributed by atoms with Crippen LogP contribution in [-0.4, -0.2) is 37.9 Å². The summed E-state index contributed by atoms with van der Waals surface area (Å²) < 4.78 is 15.4. The molecular formula is C16H24N2O5. The van der Waals surface area contributed by atoms with Crippen molar-refractivity contribution in [2.45, 2.75) is 39.3 Å². The van der Waals surface area contributed by atoms with Crippen molar-refractivity contribution < 1.29 is 23.8 Å². The van der Waals surface area contributed by atoms with Crippen molar-refractivity contribution in [3.05, 3.63) is 18.2 Å². The van der Waals surface area contributed by atoms with Crippen LogP contribution in [0.25, 0.3) is 0 Å². The number of alkyl carbamates (subject to hydrolysis) is 1. The normalized spacial score (nSPS) is 12.1. The predicted octanol–water partition coefficient (Wildman–Crippen LogP) is 2.56. The molecule has 7 heteroatoms. The van der Waals surface area contributed by atoms with Crippen LogP contribution in [0.5, 0.6) is 11.5 Å². The number of hydrogen-bond donors (Lipinski definition) is 2. The molecule has 23 heavy (non-hydrogen) atoms. The van der Waals surface area contributed by atoms with E-state index in [1.807, 2.05) is 0 Å². The topological polar surface area (TPSA) is 85.9 Å². The molecule has 0 saturated heterocycles. The Morgan fingerprint density at radius 1 is 1.13 bits per heavy atom. The number of amides is 2. The second kappa shape index (κ2) is 7.71. The molecule has 0 radical (unpaired) electrons. The van der Waals surface area contributed by atoms with Gasteiger partial charge in [-0.25, -0.2) is 4.79 Å². The van der Waals surface area contributed by atoms with Gasteiger partial charge in [0, 0.05) is 6.07 Å². The first-order valence-electron chi connectivity index (χ1n) is 7.18. The fourth-order valence-electron chi connectivity index (χ4n) is 1.70. The lowest BCUT2D eigenvalue weighted by Crippen LogP contribution is -2.44. The lowest BCUT2D eigenvalue weighted by Gasteiger charge is -2.22. The van der Waals surface area contributed by atoms with Crippen molar-refractivity contribution >= 4 is 17.7 Å². The second-order valence-corrected chi connectivity index (χ2v) is 5.92. The highest BCUT2D eigenvalue weighted by Gasteiger charge is 2.21. The molecule has 0 bridgehead atoms. The Balaban J connectivity index is 2.73. The minimum atomic E-state index is -0.777. The Labute approximate surface area is 136 Å². The van der Waals surface area contributed by atoms with Crippen molar-refractivity contribution in [2.75, 3.05) is 19.5 Å². The van der Waals surface area contributed by atoms with E-state index >= 15 is 0 Å². The molecule has 1 unspecified atom stereocenters. The van der Waals surface area contributed by atoms with Crippen LogP contribution in [0.4, 0.5) is 10.5 Å². The Kier molecular flexibility index (Phi) is 6.24. The molecule has 1 aromatic carbocycles. The van der Waals surface area contributed by atoms with E-state index in [-0.39, 0.29) is 0 Å². The second-order valence-electron chi connectivity index (χ2n) is 5.92. The molecule has 128 valence electrons. The summed E-state index contributed by atoms with van der Waals surface area (Å²) in [5, 5.41) is 5.17. The van der Waals surface area contributed by atoms with Gasteiger partial charge >= 0.3 is 6.09 Å². The summed E-state index contributed by atoms with van der Waals surface area (Å²) in [5.41, 5.74) is -0.175. The highest BCUT2D eigenvalue weighted by molar-refractivity contribution is 5.97. The van der Waals surface area contributed by atoms with Crippen LogP contribution in [0.2, 0.25) is 0 Å². The third kappa shape index (κ3) is 6.06. The molecule has 2 N–H and O–H groups in total. The largest absolute Gasteiger partial charge is 0.497 e. The number of benzene rings is 1. The van der Waals surface area contributed by atoms with Gasteiger partial charge in [-0.2, -0.15) is 0 Å². The molecule has 1 atom stereocenters. The molecule has 1 aromatic rings. The molecule has 0 aromatic heterocycles. The molecule has 7 nitrogen and oxygen atoms in total. The number of ether oxygens (including phenoxy) is 3. The van der Waals surface area contributed by atoms with E-state index in [2.05, 4.69) is 10.6 Å². The van der Waals surface area contributed by atoms with Gasteiger partial charge in [0.2, 0.25) is 5.91 Å². The van der Waals surface area contributed by atoms with Crippen LogP contribution in [-0.2, 0) is 9.53 Å². The summed E-state index contributed by atoms with van der Waals surface area (Å²) >= 11 is 0. The lowest BCUT2D eigenvalue weighted by molar-refractivity contribution is -0.117. The first-order valence-corrected chi connectivity index (χ1v) is 7.18. The van der Waals surface area contributed by atoms with Crippen LogP contribution in [0.3, 0.4) is 0 Å². The van der Waals surface area contributed by atoms with Crippen molar-refractivity contribution in [1.29, 1.82) is 0 Å². The molecule has 0 saturated carbocycles. The smallest absolute Gasteiger partial charge is 0.408 e. The van der Waals surface area contributed by atoms with Crippen LogP contribution in [0, 0.1) is 0 Å². The monoisotopic (exact) mass is 324 g/mol. The Hall–Kier alpha value is -2.44. The van der Waals surface area contributed by atoms with Gasteiger partial charge in [0.05, 0.1) is 19.9 Å². The number of rotatable bonds is 5. The fraction of sp³-hybridized carbons (Fsp3) is 0.500. The van der Waals surface area contributed by atoms with Crippen LogP contribution >= 0.6 is 0 Å². The SMILES string of the molecule is COc1ccc(OC)c(NC(=O)C(C)NC(=O)OC(C)(C)C)c1. The first kappa shape index (κ1) is 18.6. The first-order chi connectivity index (χ1) is 10.7. The summed E-state index contributed by atoms with van der Waals surface area (Å²) in [6.07, 6.45) is -0.655. The van der Waals surface area contributed by atoms with Gasteiger partial charge in [0.15, 0.2) is 0 Å². The number of anilines is 1. The van der Waals surface area contributed by atoms with E-state index in [9.17, 15) is 9.59 Å². The van der Waals surface area contributed by atoms with Crippen molar-refractivity contribution in [3.63, 3.8) is 0 Å². The molecule has 1 rings (SSSR count). The Morgan fingerprint density at radius 2 is 1.78 bits per heavy atom. The van der Waals surface area contributed by atoms with Crippen molar-refractivity contribution in [1.82, 2.24) is 5.32 Å². The van der Waals surface area contributed by atoms with E-state index in [0.29, 0.717) is 17.2 Å². The quantitative estimate of drug-likeness (QED) is 0.869. The van der Waals surface area contributed by atoms with Crippen LogP contribution in [0.1, 0.15) is 27.7 Å². The summed E-state index contributed by atoms with van der Waals surface area (Å²) in [4.78, 5) is 23.9.